The van der Waals surface area contributed by atoms with Crippen molar-refractivity contribution < 1.29 is 110 Å². The summed E-state index contributed by atoms with van der Waals surface area (Å²) in [6.07, 6.45) is -5.66. The third-order valence-corrected chi connectivity index (χ3v) is 12.1. The van der Waals surface area contributed by atoms with Crippen LogP contribution in [0.4, 0.5) is 5.69 Å². The van der Waals surface area contributed by atoms with Crippen LogP contribution in [0.2, 0.25) is 0 Å². The molecule has 1 aliphatic carbocycles. The van der Waals surface area contributed by atoms with Gasteiger partial charge in [0, 0.05) is 53.1 Å². The zero-order chi connectivity index (χ0) is 46.9. The molecule has 0 spiro atoms. The summed E-state index contributed by atoms with van der Waals surface area (Å²) in [6, 6.07) is 14.2. The van der Waals surface area contributed by atoms with Crippen LogP contribution in [0.3, 0.4) is 0 Å². The third kappa shape index (κ3) is 14.2. The van der Waals surface area contributed by atoms with Crippen molar-refractivity contribution in [3.8, 4) is 28.2 Å². The molecule has 0 saturated carbocycles. The van der Waals surface area contributed by atoms with Gasteiger partial charge in [0.1, 0.15) is 35.4 Å². The molecule has 2 aromatic carbocycles. The Morgan fingerprint density at radius 3 is 2.21 bits per heavy atom. The topological polar surface area (TPSA) is 352 Å². The van der Waals surface area contributed by atoms with E-state index >= 15 is 0 Å². The maximum absolute atomic E-state index is 12.5. The number of benzene rings is 3. The monoisotopic (exact) mass is 989 g/mol. The molecule has 0 bridgehead atoms. The molecule has 2 aliphatic heterocycles. The Morgan fingerprint density at radius 1 is 0.848 bits per heavy atom. The number of phosphoric ester groups is 2. The van der Waals surface area contributed by atoms with Crippen molar-refractivity contribution in [2.75, 3.05) is 64.7 Å². The zero-order valence-electron chi connectivity index (χ0n) is 34.6. The number of phenolic OH excluding ortho intramolecular Hbond substituents is 1. The van der Waals surface area contributed by atoms with Crippen molar-refractivity contribution >= 4 is 55.6 Å². The zero-order valence-corrected chi connectivity index (χ0v) is 39.2. The molecule has 0 radical (unpaired) electrons. The van der Waals surface area contributed by atoms with E-state index in [0.717, 1.165) is 16.8 Å². The number of phosphoric acid groups is 2. The van der Waals surface area contributed by atoms with Gasteiger partial charge in [0.15, 0.2) is 16.8 Å². The Labute approximate surface area is 399 Å². The molecule has 6 rings (SSSR count). The van der Waals surface area contributed by atoms with Crippen LogP contribution < -0.4 is 66.7 Å². The molecule has 1 aromatic heterocycles. The molecule has 28 heteroatoms. The molecule has 3 aromatic rings. The van der Waals surface area contributed by atoms with Gasteiger partial charge in [-0.05, 0) is 54.2 Å². The number of thiocarbonyl (C=S) groups is 1. The number of carboxylic acid groups (broad SMARTS) is 1. The molecule has 66 heavy (non-hydrogen) atoms. The smallest absolute Gasteiger partial charge is 0.756 e. The fourth-order valence-electron chi connectivity index (χ4n) is 6.39. The molecule has 6 unspecified atom stereocenters. The summed E-state index contributed by atoms with van der Waals surface area (Å²) < 4.78 is 65.1. The Balaban J connectivity index is 0.00000817. The van der Waals surface area contributed by atoms with Gasteiger partial charge in [-0.1, -0.05) is 6.07 Å². The van der Waals surface area contributed by atoms with E-state index in [1.165, 1.54) is 30.3 Å². The minimum Gasteiger partial charge on any atom is -0.756 e. The van der Waals surface area contributed by atoms with Gasteiger partial charge in [-0.15, -0.1) is 0 Å². The summed E-state index contributed by atoms with van der Waals surface area (Å²) in [5.74, 6) is -1.07. The second kappa shape index (κ2) is 23.7. The fourth-order valence-corrected chi connectivity index (χ4v) is 8.59. The number of hydrogen-bond acceptors (Lipinski definition) is 20. The van der Waals surface area contributed by atoms with Gasteiger partial charge in [0.05, 0.1) is 58.4 Å². The predicted octanol–water partition coefficient (Wildman–Crippen LogP) is -2.54. The quantitative estimate of drug-likeness (QED) is 0.0124. The van der Waals surface area contributed by atoms with Gasteiger partial charge in [-0.2, -0.15) is 0 Å². The van der Waals surface area contributed by atoms with Gasteiger partial charge < -0.3 is 73.3 Å². The fraction of sp³-hybridized carbons (Fsp3) is 0.342. The maximum atomic E-state index is 12.5. The van der Waals surface area contributed by atoms with Gasteiger partial charge in [-0.3, -0.25) is 28.3 Å². The summed E-state index contributed by atoms with van der Waals surface area (Å²) in [6.45, 7) is -1.01. The number of aliphatic hydroxyl groups excluding tert-OH is 2. The number of carbonyl (C=O) groups is 1. The standard InChI is InChI=1S/C38H42N4O20P2S.Na/c43-22-2-5-25-28(18-22)60-29-19-23(44)3-6-26(29)32(25)24-4-1-21(17-27(24)36(48)49)40-37(65)39-8-10-55-11-12-56-13-14-57-15-16-58-63(51,52)62-64(53,54)59-20-30-33(46)34(47)35(61-30)42-9-7-31(45)41-38(42)50;/h1-7,9,17-19,30,33-35,43,46-47H,8,10-16,20H2,(H,48,49)(H,51,52)(H,53,54)(H2,39,40,65)(H,41,45,50);/q;+1/p-2. The molecule has 3 aliphatic rings. The first-order chi connectivity index (χ1) is 30.9. The van der Waals surface area contributed by atoms with E-state index in [1.807, 2.05) is 4.98 Å². The van der Waals surface area contributed by atoms with E-state index in [-0.39, 0.29) is 109 Å². The molecule has 7 N–H and O–H groups in total. The molecule has 3 heterocycles. The van der Waals surface area contributed by atoms with E-state index in [2.05, 4.69) is 24.0 Å². The Bertz CT molecular complexity index is 2760. The second-order valence-electron chi connectivity index (χ2n) is 13.8. The number of fused-ring (bicyclic) bond motifs is 2. The molecule has 0 amide bonds. The number of hydrogen-bond donors (Lipinski definition) is 7. The number of aromatic amines is 1. The molecular weight excluding hydrogens is 949 g/mol. The number of aromatic hydroxyl groups is 1. The first-order valence-corrected chi connectivity index (χ1v) is 22.6. The van der Waals surface area contributed by atoms with Crippen molar-refractivity contribution in [2.45, 2.75) is 24.5 Å². The van der Waals surface area contributed by atoms with Crippen molar-refractivity contribution in [3.63, 3.8) is 0 Å². The molecule has 1 saturated heterocycles. The van der Waals surface area contributed by atoms with Gasteiger partial charge in [0.25, 0.3) is 21.2 Å². The normalized spacial score (nSPS) is 18.9. The number of nitrogens with zero attached hydrogens (tertiary/aromatic N) is 1. The summed E-state index contributed by atoms with van der Waals surface area (Å²) in [5, 5.41) is 47.3. The van der Waals surface area contributed by atoms with Crippen LogP contribution in [-0.4, -0.2) is 119 Å². The van der Waals surface area contributed by atoms with E-state index in [9.17, 15) is 58.5 Å². The van der Waals surface area contributed by atoms with Crippen molar-refractivity contribution in [1.29, 1.82) is 0 Å². The summed E-state index contributed by atoms with van der Waals surface area (Å²) in [7, 11) is -11.1. The van der Waals surface area contributed by atoms with Gasteiger partial charge in [0.2, 0.25) is 0 Å². The number of aliphatic hydroxyl groups is 2. The number of phenols is 1. The molecule has 350 valence electrons. The minimum atomic E-state index is -5.61. The van der Waals surface area contributed by atoms with E-state index < -0.39 is 70.6 Å². The molecule has 24 nitrogen and oxygen atoms in total. The summed E-state index contributed by atoms with van der Waals surface area (Å²) >= 11 is 5.36. The third-order valence-electron chi connectivity index (χ3n) is 9.27. The molecular formula is C38H40N4NaO20P2S-. The van der Waals surface area contributed by atoms with Crippen LogP contribution in [0.5, 0.6) is 5.75 Å². The largest absolute Gasteiger partial charge is 1.00 e. The number of nitrogens with one attached hydrogen (secondary N) is 3. The predicted molar refractivity (Wildman–Crippen MR) is 225 cm³/mol. The van der Waals surface area contributed by atoms with E-state index in [0.29, 0.717) is 27.8 Å². The maximum Gasteiger partial charge on any atom is 1.00 e. The number of rotatable bonds is 22. The van der Waals surface area contributed by atoms with Crippen molar-refractivity contribution in [2.24, 2.45) is 0 Å². The van der Waals surface area contributed by atoms with Crippen molar-refractivity contribution in [1.82, 2.24) is 14.9 Å². The van der Waals surface area contributed by atoms with E-state index in [4.69, 9.17) is 35.6 Å². The van der Waals surface area contributed by atoms with Crippen LogP contribution >= 0.6 is 27.9 Å². The average Bonchev–Trinajstić information content (AvgIpc) is 3.52. The van der Waals surface area contributed by atoms with Gasteiger partial charge >= 0.3 is 41.2 Å². The Morgan fingerprint density at radius 2 is 1.52 bits per heavy atom. The SMILES string of the molecule is O=C(O)c1cc(NC(=S)NCCOCCOCCOCCOP(=O)([O-])OP(=O)([O-])OCC2OC(n3ccc(=O)[nH]c3=O)C(O)C2O)ccc1-c1c2ccc(=O)cc-2oc2cc(O)ccc12.[Na+]. The first-order valence-electron chi connectivity index (χ1n) is 19.2. The number of aromatic nitrogens is 2. The van der Waals surface area contributed by atoms with Crippen molar-refractivity contribution in [3.05, 3.63) is 103 Å². The van der Waals surface area contributed by atoms with Gasteiger partial charge in [-0.25, -0.2) is 13.9 Å². The van der Waals surface area contributed by atoms with Crippen LogP contribution in [0.25, 0.3) is 33.4 Å². The number of ether oxygens (including phenoxy) is 4. The van der Waals surface area contributed by atoms with Crippen LogP contribution in [0.1, 0.15) is 16.6 Å². The second-order valence-corrected chi connectivity index (χ2v) is 17.1. The van der Waals surface area contributed by atoms with Crippen LogP contribution in [0, 0.1) is 0 Å². The molecule has 6 atom stereocenters. The number of aromatic carboxylic acids is 1. The first kappa shape index (κ1) is 52.8. The van der Waals surface area contributed by atoms with Crippen LogP contribution in [-0.2, 0) is 41.4 Å². The Hall–Kier alpha value is -4.21. The number of carboxylic acids is 1. The minimum absolute atomic E-state index is 0. The summed E-state index contributed by atoms with van der Waals surface area (Å²) in [4.78, 5) is 73.9. The number of anilines is 1. The van der Waals surface area contributed by atoms with Crippen LogP contribution in [0.15, 0.2) is 85.7 Å². The van der Waals surface area contributed by atoms with E-state index in [1.54, 1.807) is 24.3 Å². The Kier molecular flexibility index (Phi) is 18.9. The molecule has 1 fully saturated rings. The number of H-pyrrole nitrogens is 1. The summed E-state index contributed by atoms with van der Waals surface area (Å²) in [5.41, 5.74) is -0.113. The average molecular weight is 990 g/mol.